The molecular formula is C25H19ClN6O2S. The van der Waals surface area contributed by atoms with Gasteiger partial charge < -0.3 is 0 Å². The quantitative estimate of drug-likeness (QED) is 0.324. The summed E-state index contributed by atoms with van der Waals surface area (Å²) in [5, 5.41) is 6.17. The van der Waals surface area contributed by atoms with Crippen molar-refractivity contribution in [3.63, 3.8) is 0 Å². The van der Waals surface area contributed by atoms with E-state index in [2.05, 4.69) is 28.2 Å². The van der Waals surface area contributed by atoms with E-state index in [0.29, 0.717) is 37.2 Å². The molecule has 4 heterocycles. The van der Waals surface area contributed by atoms with Crippen molar-refractivity contribution in [3.05, 3.63) is 111 Å². The summed E-state index contributed by atoms with van der Waals surface area (Å²) in [6.45, 7) is 7.64. The number of fused-ring (bicyclic) bond motifs is 2. The number of halogens is 1. The topological polar surface area (TPSA) is 87.6 Å². The van der Waals surface area contributed by atoms with Crippen LogP contribution in [0.4, 0.5) is 0 Å². The monoisotopic (exact) mass is 502 g/mol. The van der Waals surface area contributed by atoms with Crippen LogP contribution in [0.5, 0.6) is 0 Å². The third kappa shape index (κ3) is 3.94. The molecule has 35 heavy (non-hydrogen) atoms. The summed E-state index contributed by atoms with van der Waals surface area (Å²) in [4.78, 5) is 36.9. The van der Waals surface area contributed by atoms with Gasteiger partial charge in [-0.3, -0.25) is 19.0 Å². The molecule has 0 unspecified atom stereocenters. The summed E-state index contributed by atoms with van der Waals surface area (Å²) >= 11 is 7.47. The van der Waals surface area contributed by atoms with Crippen LogP contribution >= 0.6 is 22.9 Å². The van der Waals surface area contributed by atoms with Crippen LogP contribution in [0.2, 0.25) is 0 Å². The van der Waals surface area contributed by atoms with Crippen molar-refractivity contribution in [2.24, 2.45) is 7.05 Å². The predicted molar refractivity (Wildman–Crippen MR) is 140 cm³/mol. The highest BCUT2D eigenvalue weighted by atomic mass is 35.5. The fraction of sp³-hybridized carbons (Fsp3) is 0.0800. The van der Waals surface area contributed by atoms with Gasteiger partial charge in [0.1, 0.15) is 11.0 Å². The predicted octanol–water partition coefficient (Wildman–Crippen LogP) is 4.26. The van der Waals surface area contributed by atoms with E-state index in [0.717, 1.165) is 15.3 Å². The first-order valence-corrected chi connectivity index (χ1v) is 11.7. The summed E-state index contributed by atoms with van der Waals surface area (Å²) in [6, 6.07) is 9.24. The molecule has 0 bridgehead atoms. The molecule has 0 aliphatic heterocycles. The fourth-order valence-corrected chi connectivity index (χ4v) is 5.31. The summed E-state index contributed by atoms with van der Waals surface area (Å²) in [7, 11) is 1.75. The van der Waals surface area contributed by atoms with Gasteiger partial charge in [0, 0.05) is 39.5 Å². The van der Waals surface area contributed by atoms with Crippen molar-refractivity contribution in [3.8, 4) is 5.69 Å². The Morgan fingerprint density at radius 2 is 2.03 bits per heavy atom. The Kier molecular flexibility index (Phi) is 5.80. The third-order valence-corrected chi connectivity index (χ3v) is 6.85. The van der Waals surface area contributed by atoms with E-state index in [4.69, 9.17) is 11.6 Å². The molecule has 0 saturated heterocycles. The molecule has 1 aromatic carbocycles. The molecule has 0 saturated carbocycles. The van der Waals surface area contributed by atoms with Gasteiger partial charge in [0.2, 0.25) is 0 Å². The zero-order chi connectivity index (χ0) is 24.7. The van der Waals surface area contributed by atoms with Gasteiger partial charge in [-0.25, -0.2) is 14.3 Å². The Morgan fingerprint density at radius 3 is 2.74 bits per heavy atom. The van der Waals surface area contributed by atoms with E-state index in [1.165, 1.54) is 22.1 Å². The minimum atomic E-state index is -0.517. The van der Waals surface area contributed by atoms with E-state index in [-0.39, 0.29) is 6.54 Å². The van der Waals surface area contributed by atoms with Crippen molar-refractivity contribution < 1.29 is 0 Å². The number of hydrogen-bond donors (Lipinski definition) is 0. The summed E-state index contributed by atoms with van der Waals surface area (Å²) in [5.41, 5.74) is 0.529. The normalized spacial score (nSPS) is 11.9. The summed E-state index contributed by atoms with van der Waals surface area (Å²) in [5.74, 6) is 0.438. The Labute approximate surface area is 208 Å². The van der Waals surface area contributed by atoms with Crippen LogP contribution in [0, 0.1) is 0 Å². The maximum atomic E-state index is 13.9. The van der Waals surface area contributed by atoms with Crippen molar-refractivity contribution in [1.82, 2.24) is 28.9 Å². The largest absolute Gasteiger partial charge is 0.336 e. The van der Waals surface area contributed by atoms with Gasteiger partial charge in [-0.2, -0.15) is 5.10 Å². The molecule has 0 aliphatic rings. The summed E-state index contributed by atoms with van der Waals surface area (Å²) < 4.78 is 4.60. The lowest BCUT2D eigenvalue weighted by molar-refractivity contribution is 0.670. The lowest BCUT2D eigenvalue weighted by Gasteiger charge is -2.12. The lowest BCUT2D eigenvalue weighted by atomic mass is 10.1. The van der Waals surface area contributed by atoms with Crippen LogP contribution in [0.25, 0.3) is 32.2 Å². The molecular weight excluding hydrogens is 484 g/mol. The molecule has 0 fully saturated rings. The number of nitrogens with zero attached hydrogens (tertiary/aromatic N) is 6. The van der Waals surface area contributed by atoms with E-state index in [1.807, 2.05) is 24.3 Å². The van der Waals surface area contributed by atoms with Gasteiger partial charge in [-0.15, -0.1) is 11.3 Å². The van der Waals surface area contributed by atoms with Gasteiger partial charge >= 0.3 is 5.69 Å². The average Bonchev–Trinajstić information content (AvgIpc) is 3.46. The number of rotatable bonds is 6. The van der Waals surface area contributed by atoms with Gasteiger partial charge in [0.25, 0.3) is 5.56 Å². The van der Waals surface area contributed by atoms with Crippen LogP contribution in [0.1, 0.15) is 10.7 Å². The van der Waals surface area contributed by atoms with E-state index < -0.39 is 11.2 Å². The van der Waals surface area contributed by atoms with E-state index in [9.17, 15) is 9.59 Å². The molecule has 0 amide bonds. The number of thiophene rings is 1. The molecule has 174 valence electrons. The second-order valence-corrected chi connectivity index (χ2v) is 9.28. The molecule has 10 heteroatoms. The van der Waals surface area contributed by atoms with Crippen LogP contribution < -0.4 is 11.2 Å². The molecule has 8 nitrogen and oxygen atoms in total. The number of pyridine rings is 1. The minimum absolute atomic E-state index is 0.0765. The smallest absolute Gasteiger partial charge is 0.284 e. The standard InChI is InChI=1S/C25H19ClN6O2S/c1-4-7-17(15(2)26)21-10-19-23(35-21)24(33)32(20-12-27-11-16-8-5-6-9-18(16)20)25(34)31(19)13-22-28-14-30(3)29-22/h4-12,14H,1-2,13H2,3H3/b17-7+. The van der Waals surface area contributed by atoms with Gasteiger partial charge in [-0.1, -0.05) is 61.2 Å². The highest BCUT2D eigenvalue weighted by molar-refractivity contribution is 7.20. The van der Waals surface area contributed by atoms with Crippen molar-refractivity contribution in [2.75, 3.05) is 0 Å². The first kappa shape index (κ1) is 22.7. The molecule has 5 rings (SSSR count). The molecule has 0 spiro atoms. The Balaban J connectivity index is 1.87. The lowest BCUT2D eigenvalue weighted by Crippen LogP contribution is -2.39. The second kappa shape index (κ2) is 8.94. The highest BCUT2D eigenvalue weighted by Gasteiger charge is 2.21. The van der Waals surface area contributed by atoms with Gasteiger partial charge in [0.05, 0.1) is 23.9 Å². The number of aryl methyl sites for hydroxylation is 1. The Bertz CT molecular complexity index is 1780. The van der Waals surface area contributed by atoms with Crippen molar-refractivity contribution >= 4 is 49.5 Å². The average molecular weight is 503 g/mol. The van der Waals surface area contributed by atoms with Crippen LogP contribution in [0.3, 0.4) is 0 Å². The first-order chi connectivity index (χ1) is 16.9. The Morgan fingerprint density at radius 1 is 1.23 bits per heavy atom. The summed E-state index contributed by atoms with van der Waals surface area (Å²) in [6.07, 6.45) is 8.09. The number of benzene rings is 1. The maximum absolute atomic E-state index is 13.9. The zero-order valence-corrected chi connectivity index (χ0v) is 20.3. The number of aromatic nitrogens is 6. The SMILES string of the molecule is C=C/C=C(\C(=C)Cl)c1cc2c(s1)c(=O)n(-c1cncc3ccccc13)c(=O)n2Cc1ncn(C)n1. The molecule has 0 atom stereocenters. The molecule has 4 aromatic heterocycles. The zero-order valence-electron chi connectivity index (χ0n) is 18.7. The second-order valence-electron chi connectivity index (χ2n) is 7.77. The Hall–Kier alpha value is -4.08. The third-order valence-electron chi connectivity index (χ3n) is 5.50. The molecule has 0 aliphatic carbocycles. The highest BCUT2D eigenvalue weighted by Crippen LogP contribution is 2.33. The maximum Gasteiger partial charge on any atom is 0.336 e. The molecule has 0 N–H and O–H groups in total. The number of hydrogen-bond acceptors (Lipinski definition) is 6. The van der Waals surface area contributed by atoms with Gasteiger partial charge in [-0.05, 0) is 6.07 Å². The molecule has 5 aromatic rings. The van der Waals surface area contributed by atoms with Crippen molar-refractivity contribution in [2.45, 2.75) is 6.54 Å². The fourth-order valence-electron chi connectivity index (χ4n) is 3.95. The van der Waals surface area contributed by atoms with E-state index >= 15 is 0 Å². The number of allylic oxidation sites excluding steroid dienone is 4. The minimum Gasteiger partial charge on any atom is -0.284 e. The van der Waals surface area contributed by atoms with E-state index in [1.54, 1.807) is 42.5 Å². The first-order valence-electron chi connectivity index (χ1n) is 10.5. The van der Waals surface area contributed by atoms with Crippen LogP contribution in [-0.4, -0.2) is 28.9 Å². The van der Waals surface area contributed by atoms with Crippen LogP contribution in [0.15, 0.2) is 89.0 Å². The molecule has 0 radical (unpaired) electrons. The van der Waals surface area contributed by atoms with Gasteiger partial charge in [0.15, 0.2) is 5.82 Å². The van der Waals surface area contributed by atoms with Crippen molar-refractivity contribution in [1.29, 1.82) is 0 Å². The van der Waals surface area contributed by atoms with Crippen LogP contribution in [-0.2, 0) is 13.6 Å².